The van der Waals surface area contributed by atoms with Crippen LogP contribution in [0.3, 0.4) is 0 Å². The van der Waals surface area contributed by atoms with Gasteiger partial charge in [-0.05, 0) is 44.0 Å². The molecule has 0 bridgehead atoms. The van der Waals surface area contributed by atoms with Gasteiger partial charge in [0.05, 0.1) is 6.54 Å². The van der Waals surface area contributed by atoms with E-state index in [4.69, 9.17) is 5.73 Å². The molecule has 1 saturated heterocycles. The Morgan fingerprint density at radius 1 is 1.34 bits per heavy atom. The Kier molecular flexibility index (Phi) is 5.76. The van der Waals surface area contributed by atoms with E-state index in [1.54, 1.807) is 12.3 Å². The Bertz CT molecular complexity index is 984. The Morgan fingerprint density at radius 3 is 3.07 bits per heavy atom. The summed E-state index contributed by atoms with van der Waals surface area (Å²) in [5.41, 5.74) is 8.18. The summed E-state index contributed by atoms with van der Waals surface area (Å²) in [4.78, 5) is 28.7. The smallest absolute Gasteiger partial charge is 0.222 e. The molecule has 7 nitrogen and oxygen atoms in total. The van der Waals surface area contributed by atoms with Gasteiger partial charge >= 0.3 is 0 Å². The van der Waals surface area contributed by atoms with Crippen LogP contribution in [0.2, 0.25) is 0 Å². The number of aromatic nitrogens is 3. The highest BCUT2D eigenvalue weighted by atomic mass is 16.2. The van der Waals surface area contributed by atoms with Gasteiger partial charge < -0.3 is 15.6 Å². The van der Waals surface area contributed by atoms with Crippen molar-refractivity contribution < 1.29 is 4.79 Å². The number of rotatable bonds is 7. The molecule has 7 heteroatoms. The Balaban J connectivity index is 1.25. The van der Waals surface area contributed by atoms with Gasteiger partial charge in [-0.15, -0.1) is 0 Å². The van der Waals surface area contributed by atoms with Crippen LogP contribution < -0.4 is 5.73 Å². The van der Waals surface area contributed by atoms with Crippen LogP contribution in [-0.4, -0.2) is 56.8 Å². The molecule has 0 radical (unpaired) electrons. The maximum absolute atomic E-state index is 12.7. The van der Waals surface area contributed by atoms with Crippen LogP contribution in [-0.2, 0) is 17.8 Å². The second-order valence-corrected chi connectivity index (χ2v) is 7.81. The van der Waals surface area contributed by atoms with E-state index in [0.29, 0.717) is 24.8 Å². The van der Waals surface area contributed by atoms with Gasteiger partial charge in [0.1, 0.15) is 11.6 Å². The molecule has 1 atom stereocenters. The number of nitrogens with zero attached hydrogens (tertiary/aromatic N) is 4. The summed E-state index contributed by atoms with van der Waals surface area (Å²) in [6.07, 6.45) is 7.11. The molecule has 1 unspecified atom stereocenters. The van der Waals surface area contributed by atoms with E-state index in [9.17, 15) is 4.79 Å². The van der Waals surface area contributed by atoms with Crippen LogP contribution in [0.1, 0.15) is 30.7 Å². The number of carbonyl (C=O) groups is 1. The minimum absolute atomic E-state index is 0.251. The predicted molar refractivity (Wildman–Crippen MR) is 114 cm³/mol. The third kappa shape index (κ3) is 4.56. The number of hydrogen-bond acceptors (Lipinski definition) is 5. The van der Waals surface area contributed by atoms with Gasteiger partial charge in [0.25, 0.3) is 0 Å². The molecule has 3 heterocycles. The van der Waals surface area contributed by atoms with Crippen molar-refractivity contribution in [1.82, 2.24) is 24.8 Å². The lowest BCUT2D eigenvalue weighted by atomic mass is 10.1. The molecule has 1 aliphatic heterocycles. The fourth-order valence-corrected chi connectivity index (χ4v) is 4.10. The molecule has 1 aliphatic rings. The van der Waals surface area contributed by atoms with Crippen molar-refractivity contribution in [2.24, 2.45) is 0 Å². The SMILES string of the molecule is CN(Cc1nccc(N)n1)C1CCN(C(=O)CCCc2c[nH]c3ccccc23)C1. The number of aromatic amines is 1. The number of anilines is 1. The molecular formula is C22H28N6O. The number of aryl methyl sites for hydroxylation is 1. The van der Waals surface area contributed by atoms with Gasteiger partial charge in [-0.2, -0.15) is 0 Å². The average molecular weight is 393 g/mol. The second-order valence-electron chi connectivity index (χ2n) is 7.81. The van der Waals surface area contributed by atoms with Crippen molar-refractivity contribution in [3.05, 3.63) is 54.1 Å². The molecule has 0 aliphatic carbocycles. The third-order valence-corrected chi connectivity index (χ3v) is 5.77. The van der Waals surface area contributed by atoms with E-state index in [0.717, 1.165) is 43.7 Å². The first kappa shape index (κ1) is 19.4. The highest BCUT2D eigenvalue weighted by molar-refractivity contribution is 5.83. The molecule has 3 aromatic rings. The minimum atomic E-state index is 0.251. The number of hydrogen-bond donors (Lipinski definition) is 2. The number of nitrogen functional groups attached to an aromatic ring is 1. The number of nitrogens with two attached hydrogens (primary N) is 1. The summed E-state index contributed by atoms with van der Waals surface area (Å²) in [5.74, 6) is 1.46. The van der Waals surface area contributed by atoms with Crippen molar-refractivity contribution in [3.8, 4) is 0 Å². The largest absolute Gasteiger partial charge is 0.384 e. The normalized spacial score (nSPS) is 16.8. The summed E-state index contributed by atoms with van der Waals surface area (Å²) >= 11 is 0. The highest BCUT2D eigenvalue weighted by Gasteiger charge is 2.28. The highest BCUT2D eigenvalue weighted by Crippen LogP contribution is 2.21. The molecular weight excluding hydrogens is 364 g/mol. The molecule has 3 N–H and O–H groups in total. The van der Waals surface area contributed by atoms with Gasteiger partial charge in [-0.3, -0.25) is 9.69 Å². The first-order valence-corrected chi connectivity index (χ1v) is 10.2. The number of benzene rings is 1. The number of H-pyrrole nitrogens is 1. The van der Waals surface area contributed by atoms with Crippen molar-refractivity contribution in [1.29, 1.82) is 0 Å². The average Bonchev–Trinajstić information content (AvgIpc) is 3.36. The van der Waals surface area contributed by atoms with Crippen LogP contribution in [0, 0.1) is 0 Å². The molecule has 152 valence electrons. The van der Waals surface area contributed by atoms with E-state index < -0.39 is 0 Å². The number of amides is 1. The zero-order valence-electron chi connectivity index (χ0n) is 16.8. The summed E-state index contributed by atoms with van der Waals surface area (Å²) in [7, 11) is 2.06. The fraction of sp³-hybridized carbons (Fsp3) is 0.409. The summed E-state index contributed by atoms with van der Waals surface area (Å²) in [5, 5.41) is 1.26. The van der Waals surface area contributed by atoms with Crippen molar-refractivity contribution >= 4 is 22.6 Å². The van der Waals surface area contributed by atoms with E-state index in [1.807, 2.05) is 11.0 Å². The van der Waals surface area contributed by atoms with E-state index >= 15 is 0 Å². The summed E-state index contributed by atoms with van der Waals surface area (Å²) in [6.45, 7) is 2.22. The van der Waals surface area contributed by atoms with Gasteiger partial charge in [0.2, 0.25) is 5.91 Å². The second kappa shape index (κ2) is 8.61. The number of carbonyl (C=O) groups excluding carboxylic acids is 1. The summed E-state index contributed by atoms with van der Waals surface area (Å²) in [6, 6.07) is 10.3. The molecule has 2 aromatic heterocycles. The number of likely N-dealkylation sites (tertiary alicyclic amines) is 1. The number of nitrogens with one attached hydrogen (secondary N) is 1. The monoisotopic (exact) mass is 392 g/mol. The van der Waals surface area contributed by atoms with E-state index in [1.165, 1.54) is 10.9 Å². The van der Waals surface area contributed by atoms with Gasteiger partial charge in [0.15, 0.2) is 0 Å². The molecule has 0 saturated carbocycles. The lowest BCUT2D eigenvalue weighted by Crippen LogP contribution is -2.36. The molecule has 29 heavy (non-hydrogen) atoms. The topological polar surface area (TPSA) is 91.1 Å². The van der Waals surface area contributed by atoms with Crippen LogP contribution in [0.15, 0.2) is 42.7 Å². The first-order chi connectivity index (χ1) is 14.1. The number of para-hydroxylation sites is 1. The number of fused-ring (bicyclic) bond motifs is 1. The maximum Gasteiger partial charge on any atom is 0.222 e. The Labute approximate surface area is 170 Å². The summed E-state index contributed by atoms with van der Waals surface area (Å²) < 4.78 is 0. The van der Waals surface area contributed by atoms with Gasteiger partial charge in [-0.25, -0.2) is 9.97 Å². The zero-order valence-corrected chi connectivity index (χ0v) is 16.8. The third-order valence-electron chi connectivity index (χ3n) is 5.77. The Hall–Kier alpha value is -2.93. The van der Waals surface area contributed by atoms with Crippen molar-refractivity contribution in [3.63, 3.8) is 0 Å². The lowest BCUT2D eigenvalue weighted by Gasteiger charge is -2.24. The van der Waals surface area contributed by atoms with Crippen LogP contribution in [0.25, 0.3) is 10.9 Å². The zero-order chi connectivity index (χ0) is 20.2. The molecule has 4 rings (SSSR count). The lowest BCUT2D eigenvalue weighted by molar-refractivity contribution is -0.130. The van der Waals surface area contributed by atoms with E-state index in [-0.39, 0.29) is 5.91 Å². The van der Waals surface area contributed by atoms with Crippen LogP contribution in [0.5, 0.6) is 0 Å². The molecule has 1 aromatic carbocycles. The minimum Gasteiger partial charge on any atom is -0.384 e. The number of likely N-dealkylation sites (N-methyl/N-ethyl adjacent to an activating group) is 1. The molecule has 1 amide bonds. The van der Waals surface area contributed by atoms with Crippen molar-refractivity contribution in [2.45, 2.75) is 38.3 Å². The molecule has 0 spiro atoms. The predicted octanol–water partition coefficient (Wildman–Crippen LogP) is 2.60. The maximum atomic E-state index is 12.7. The Morgan fingerprint density at radius 2 is 2.21 bits per heavy atom. The van der Waals surface area contributed by atoms with E-state index in [2.05, 4.69) is 51.3 Å². The molecule has 1 fully saturated rings. The van der Waals surface area contributed by atoms with Gasteiger partial charge in [0, 0.05) is 48.8 Å². The van der Waals surface area contributed by atoms with Crippen LogP contribution in [0.4, 0.5) is 5.82 Å². The fourth-order valence-electron chi connectivity index (χ4n) is 4.10. The van der Waals surface area contributed by atoms with Crippen LogP contribution >= 0.6 is 0 Å². The van der Waals surface area contributed by atoms with Gasteiger partial charge in [-0.1, -0.05) is 18.2 Å². The quantitative estimate of drug-likeness (QED) is 0.645. The first-order valence-electron chi connectivity index (χ1n) is 10.2. The van der Waals surface area contributed by atoms with Crippen molar-refractivity contribution in [2.75, 3.05) is 25.9 Å². The standard InChI is InChI=1S/C22H28N6O/c1-27(15-21-24-11-9-20(23)26-21)17-10-12-28(14-17)22(29)8-4-5-16-13-25-19-7-3-2-6-18(16)19/h2-3,6-7,9,11,13,17,25H,4-5,8,10,12,14-15H2,1H3,(H2,23,24,26).